The Morgan fingerprint density at radius 2 is 1.86 bits per heavy atom. The Hall–Kier alpha value is -1.64. The number of aryl methyl sites for hydroxylation is 1. The quantitative estimate of drug-likeness (QED) is 0.870. The summed E-state index contributed by atoms with van der Waals surface area (Å²) in [5.41, 5.74) is -0.482. The van der Waals surface area contributed by atoms with E-state index in [0.29, 0.717) is 5.56 Å². The molecule has 21 heavy (non-hydrogen) atoms. The molecule has 0 saturated heterocycles. The van der Waals surface area contributed by atoms with Crippen LogP contribution in [0.5, 0.6) is 0 Å². The summed E-state index contributed by atoms with van der Waals surface area (Å²) in [5.74, 6) is -0.812. The zero-order valence-corrected chi connectivity index (χ0v) is 12.5. The molecule has 116 valence electrons. The standard InChI is InChI=1S/C12H14F3N3O2S/c1-7(2)21(19,20)6-10-16-17-11-8(3)4-5-9(18(10)11)12(13,14)15/h4-5,7H,6H2,1-3H3. The molecule has 0 fully saturated rings. The second kappa shape index (κ2) is 4.97. The molecule has 2 aromatic heterocycles. The van der Waals surface area contributed by atoms with Gasteiger partial charge >= 0.3 is 6.18 Å². The van der Waals surface area contributed by atoms with Crippen LogP contribution < -0.4 is 0 Å². The number of hydrogen-bond acceptors (Lipinski definition) is 4. The van der Waals surface area contributed by atoms with Crippen molar-refractivity contribution < 1.29 is 21.6 Å². The second-order valence-electron chi connectivity index (χ2n) is 5.03. The molecule has 0 aliphatic heterocycles. The van der Waals surface area contributed by atoms with E-state index in [0.717, 1.165) is 10.5 Å². The molecule has 0 spiro atoms. The van der Waals surface area contributed by atoms with E-state index in [1.807, 2.05) is 0 Å². The molecule has 9 heteroatoms. The van der Waals surface area contributed by atoms with Crippen LogP contribution in [0.1, 0.15) is 30.9 Å². The van der Waals surface area contributed by atoms with Gasteiger partial charge in [-0.2, -0.15) is 13.2 Å². The maximum absolute atomic E-state index is 13.1. The lowest BCUT2D eigenvalue weighted by Gasteiger charge is -2.12. The third kappa shape index (κ3) is 2.87. The number of halogens is 3. The predicted octanol–water partition coefficient (Wildman–Crippen LogP) is 2.38. The number of hydrogen-bond donors (Lipinski definition) is 0. The molecule has 0 aromatic carbocycles. The van der Waals surface area contributed by atoms with Crippen molar-refractivity contribution in [1.82, 2.24) is 14.6 Å². The second-order valence-corrected chi connectivity index (χ2v) is 7.59. The molecule has 2 heterocycles. The Bertz CT molecular complexity index is 779. The lowest BCUT2D eigenvalue weighted by Crippen LogP contribution is -2.20. The van der Waals surface area contributed by atoms with Gasteiger partial charge in [-0.05, 0) is 32.4 Å². The molecule has 0 radical (unpaired) electrons. The van der Waals surface area contributed by atoms with Crippen LogP contribution in [0.2, 0.25) is 0 Å². The van der Waals surface area contributed by atoms with Gasteiger partial charge in [0.1, 0.15) is 11.4 Å². The van der Waals surface area contributed by atoms with Gasteiger partial charge in [0, 0.05) is 0 Å². The first-order valence-corrected chi connectivity index (χ1v) is 7.88. The lowest BCUT2D eigenvalue weighted by atomic mass is 10.2. The van der Waals surface area contributed by atoms with E-state index in [1.165, 1.54) is 19.9 Å². The summed E-state index contributed by atoms with van der Waals surface area (Å²) >= 11 is 0. The van der Waals surface area contributed by atoms with Crippen molar-refractivity contribution in [2.45, 2.75) is 38.0 Å². The molecule has 0 atom stereocenters. The average Bonchev–Trinajstić information content (AvgIpc) is 2.72. The van der Waals surface area contributed by atoms with Crippen molar-refractivity contribution in [2.24, 2.45) is 0 Å². The molecule has 0 bridgehead atoms. The molecule has 2 aromatic rings. The fourth-order valence-corrected chi connectivity index (χ4v) is 2.72. The van der Waals surface area contributed by atoms with E-state index in [2.05, 4.69) is 10.2 Å². The van der Waals surface area contributed by atoms with E-state index >= 15 is 0 Å². The third-order valence-corrected chi connectivity index (χ3v) is 5.25. The van der Waals surface area contributed by atoms with Gasteiger partial charge in [0.25, 0.3) is 0 Å². The van der Waals surface area contributed by atoms with Gasteiger partial charge in [-0.1, -0.05) is 6.07 Å². The summed E-state index contributed by atoms with van der Waals surface area (Å²) in [6.45, 7) is 4.52. The topological polar surface area (TPSA) is 64.3 Å². The molecule has 0 unspecified atom stereocenters. The Morgan fingerprint density at radius 3 is 2.38 bits per heavy atom. The van der Waals surface area contributed by atoms with Crippen molar-refractivity contribution in [1.29, 1.82) is 0 Å². The monoisotopic (exact) mass is 321 g/mol. The Morgan fingerprint density at radius 1 is 1.24 bits per heavy atom. The highest BCUT2D eigenvalue weighted by Gasteiger charge is 2.35. The van der Waals surface area contributed by atoms with E-state index in [-0.39, 0.29) is 11.5 Å². The Balaban J connectivity index is 2.70. The summed E-state index contributed by atoms with van der Waals surface area (Å²) < 4.78 is 63.8. The summed E-state index contributed by atoms with van der Waals surface area (Å²) in [4.78, 5) is 0. The Labute approximate surface area is 119 Å². The van der Waals surface area contributed by atoms with Crippen LogP contribution in [0.3, 0.4) is 0 Å². The van der Waals surface area contributed by atoms with Crippen molar-refractivity contribution in [3.8, 4) is 0 Å². The normalized spacial score (nSPS) is 13.3. The molecule has 0 N–H and O–H groups in total. The highest BCUT2D eigenvalue weighted by Crippen LogP contribution is 2.31. The van der Waals surface area contributed by atoms with Gasteiger partial charge in [-0.3, -0.25) is 4.40 Å². The highest BCUT2D eigenvalue weighted by molar-refractivity contribution is 7.91. The molecule has 0 amide bonds. The minimum absolute atomic E-state index is 0.0128. The number of fused-ring (bicyclic) bond motifs is 1. The van der Waals surface area contributed by atoms with Crippen LogP contribution in [0.25, 0.3) is 5.65 Å². The van der Waals surface area contributed by atoms with E-state index in [9.17, 15) is 21.6 Å². The molecule has 0 saturated carbocycles. The summed E-state index contributed by atoms with van der Waals surface area (Å²) in [5, 5.41) is 6.61. The van der Waals surface area contributed by atoms with Gasteiger partial charge in [0.2, 0.25) is 0 Å². The number of sulfone groups is 1. The van der Waals surface area contributed by atoms with Gasteiger partial charge < -0.3 is 0 Å². The van der Waals surface area contributed by atoms with Crippen LogP contribution in [0.4, 0.5) is 13.2 Å². The molecule has 5 nitrogen and oxygen atoms in total. The number of nitrogens with zero attached hydrogens (tertiary/aromatic N) is 3. The van der Waals surface area contributed by atoms with E-state index < -0.39 is 32.7 Å². The van der Waals surface area contributed by atoms with E-state index in [1.54, 1.807) is 6.92 Å². The van der Waals surface area contributed by atoms with E-state index in [4.69, 9.17) is 0 Å². The van der Waals surface area contributed by atoms with Crippen molar-refractivity contribution in [3.63, 3.8) is 0 Å². The van der Waals surface area contributed by atoms with Gasteiger partial charge in [0.05, 0.1) is 5.25 Å². The highest BCUT2D eigenvalue weighted by atomic mass is 32.2. The molecule has 0 aliphatic rings. The van der Waals surface area contributed by atoms with Gasteiger partial charge in [0.15, 0.2) is 21.3 Å². The largest absolute Gasteiger partial charge is 0.431 e. The fourth-order valence-electron chi connectivity index (χ4n) is 1.84. The van der Waals surface area contributed by atoms with Crippen LogP contribution in [0.15, 0.2) is 12.1 Å². The number of pyridine rings is 1. The van der Waals surface area contributed by atoms with Gasteiger partial charge in [-0.15, -0.1) is 10.2 Å². The predicted molar refractivity (Wildman–Crippen MR) is 70.5 cm³/mol. The SMILES string of the molecule is Cc1ccc(C(F)(F)F)n2c(CS(=O)(=O)C(C)C)nnc12. The smallest absolute Gasteiger partial charge is 0.273 e. The zero-order valence-electron chi connectivity index (χ0n) is 11.6. The minimum Gasteiger partial charge on any atom is -0.273 e. The first kappa shape index (κ1) is 15.7. The van der Waals surface area contributed by atoms with Crippen molar-refractivity contribution in [3.05, 3.63) is 29.2 Å². The third-order valence-electron chi connectivity index (χ3n) is 3.15. The minimum atomic E-state index is -4.62. The zero-order chi connectivity index (χ0) is 16.0. The van der Waals surface area contributed by atoms with Crippen LogP contribution in [-0.4, -0.2) is 28.3 Å². The first-order chi connectivity index (χ1) is 9.54. The number of alkyl halides is 3. The molecule has 0 aliphatic carbocycles. The fraction of sp³-hybridized carbons (Fsp3) is 0.500. The summed E-state index contributed by atoms with van der Waals surface area (Å²) in [7, 11) is -3.58. The summed E-state index contributed by atoms with van der Waals surface area (Å²) in [6, 6.07) is 2.19. The van der Waals surface area contributed by atoms with Gasteiger partial charge in [-0.25, -0.2) is 8.42 Å². The summed E-state index contributed by atoms with van der Waals surface area (Å²) in [6.07, 6.45) is -4.62. The maximum atomic E-state index is 13.1. The molecular formula is C12H14F3N3O2S. The number of aromatic nitrogens is 3. The van der Waals surface area contributed by atoms with Crippen LogP contribution in [0, 0.1) is 6.92 Å². The Kier molecular flexibility index (Phi) is 3.73. The first-order valence-electron chi connectivity index (χ1n) is 6.16. The molecule has 2 rings (SSSR count). The van der Waals surface area contributed by atoms with Crippen LogP contribution >= 0.6 is 0 Å². The average molecular weight is 321 g/mol. The van der Waals surface area contributed by atoms with Crippen molar-refractivity contribution >= 4 is 15.5 Å². The van der Waals surface area contributed by atoms with Crippen molar-refractivity contribution in [2.75, 3.05) is 0 Å². The molecular weight excluding hydrogens is 307 g/mol. The van der Waals surface area contributed by atoms with Crippen LogP contribution in [-0.2, 0) is 21.8 Å². The maximum Gasteiger partial charge on any atom is 0.431 e. The lowest BCUT2D eigenvalue weighted by molar-refractivity contribution is -0.142. The number of rotatable bonds is 3.